The molecule has 1 amide bonds. The fraction of sp³-hybridized carbons (Fsp3) is 0.0833. The maximum atomic E-state index is 11.9. The Kier molecular flexibility index (Phi) is 4.42. The normalized spacial score (nSPS) is 10.3. The second-order valence-electron chi connectivity index (χ2n) is 3.58. The van der Waals surface area contributed by atoms with Gasteiger partial charge in [-0.2, -0.15) is 0 Å². The number of phenols is 1. The summed E-state index contributed by atoms with van der Waals surface area (Å²) in [4.78, 5) is 12.9. The monoisotopic (exact) mass is 389 g/mol. The Morgan fingerprint density at radius 1 is 1.28 bits per heavy atom. The van der Waals surface area contributed by atoms with Crippen molar-refractivity contribution in [1.82, 2.24) is 5.32 Å². The number of nitrogens with one attached hydrogen (secondary N) is 1. The molecular weight excluding hydrogens is 382 g/mol. The molecule has 94 valence electrons. The van der Waals surface area contributed by atoms with Gasteiger partial charge in [-0.1, -0.05) is 15.9 Å². The molecule has 0 saturated heterocycles. The Hall–Kier alpha value is -0.850. The van der Waals surface area contributed by atoms with Gasteiger partial charge in [0.1, 0.15) is 5.75 Å². The van der Waals surface area contributed by atoms with Gasteiger partial charge in [0.25, 0.3) is 5.91 Å². The predicted octanol–water partition coefficient (Wildman–Crippen LogP) is 3.91. The van der Waals surface area contributed by atoms with Gasteiger partial charge in [0.2, 0.25) is 0 Å². The van der Waals surface area contributed by atoms with Gasteiger partial charge in [0.15, 0.2) is 0 Å². The highest BCUT2D eigenvalue weighted by Gasteiger charge is 2.11. The number of halogens is 2. The smallest absolute Gasteiger partial charge is 0.255 e. The molecule has 2 N–H and O–H groups in total. The number of carbonyl (C=O) groups is 1. The third-order valence-corrected chi connectivity index (χ3v) is 4.44. The summed E-state index contributed by atoms with van der Waals surface area (Å²) in [6, 6.07) is 6.71. The summed E-state index contributed by atoms with van der Waals surface area (Å²) in [5, 5.41) is 14.3. The summed E-state index contributed by atoms with van der Waals surface area (Å²) in [6.45, 7) is 0.445. The topological polar surface area (TPSA) is 49.3 Å². The molecule has 0 bridgehead atoms. The van der Waals surface area contributed by atoms with Crippen LogP contribution in [0.25, 0.3) is 0 Å². The molecule has 0 aliphatic carbocycles. The summed E-state index contributed by atoms with van der Waals surface area (Å²) >= 11 is 8.19. The van der Waals surface area contributed by atoms with Crippen molar-refractivity contribution in [1.29, 1.82) is 0 Å². The van der Waals surface area contributed by atoms with Crippen molar-refractivity contribution in [3.05, 3.63) is 49.0 Å². The molecule has 2 rings (SSSR count). The number of carbonyl (C=O) groups excluding carboxylic acids is 1. The molecule has 2 aromatic rings. The van der Waals surface area contributed by atoms with E-state index < -0.39 is 0 Å². The van der Waals surface area contributed by atoms with Gasteiger partial charge in [0, 0.05) is 19.2 Å². The molecule has 0 unspecified atom stereocenters. The van der Waals surface area contributed by atoms with Gasteiger partial charge >= 0.3 is 0 Å². The van der Waals surface area contributed by atoms with E-state index in [4.69, 9.17) is 0 Å². The lowest BCUT2D eigenvalue weighted by Crippen LogP contribution is -2.22. The highest BCUT2D eigenvalue weighted by atomic mass is 79.9. The molecule has 0 atom stereocenters. The minimum Gasteiger partial charge on any atom is -0.507 e. The van der Waals surface area contributed by atoms with Crippen LogP contribution < -0.4 is 5.32 Å². The van der Waals surface area contributed by atoms with Crippen LogP contribution in [0.4, 0.5) is 0 Å². The molecule has 0 radical (unpaired) electrons. The molecule has 1 aromatic heterocycles. The van der Waals surface area contributed by atoms with Crippen LogP contribution in [0.2, 0.25) is 0 Å². The van der Waals surface area contributed by atoms with E-state index in [9.17, 15) is 9.90 Å². The van der Waals surface area contributed by atoms with Crippen molar-refractivity contribution < 1.29 is 9.90 Å². The summed E-state index contributed by atoms with van der Waals surface area (Å²) < 4.78 is 1.76. The number of hydrogen-bond donors (Lipinski definition) is 2. The second-order valence-corrected chi connectivity index (χ2v) is 6.40. The number of phenolic OH excluding ortho intramolecular Hbond substituents is 1. The largest absolute Gasteiger partial charge is 0.507 e. The average Bonchev–Trinajstić information content (AvgIpc) is 2.75. The van der Waals surface area contributed by atoms with Crippen LogP contribution >= 0.6 is 43.2 Å². The van der Waals surface area contributed by atoms with Crippen molar-refractivity contribution in [2.75, 3.05) is 0 Å². The van der Waals surface area contributed by atoms with Crippen LogP contribution in [0.3, 0.4) is 0 Å². The SMILES string of the molecule is O=C(NCc1cc(Br)cs1)c1cc(Br)ccc1O. The van der Waals surface area contributed by atoms with Gasteiger partial charge < -0.3 is 10.4 Å². The lowest BCUT2D eigenvalue weighted by Gasteiger charge is -2.06. The maximum Gasteiger partial charge on any atom is 0.255 e. The molecule has 18 heavy (non-hydrogen) atoms. The third-order valence-electron chi connectivity index (χ3n) is 2.25. The van der Waals surface area contributed by atoms with Crippen molar-refractivity contribution in [2.45, 2.75) is 6.54 Å². The lowest BCUT2D eigenvalue weighted by molar-refractivity contribution is 0.0948. The van der Waals surface area contributed by atoms with E-state index in [2.05, 4.69) is 37.2 Å². The van der Waals surface area contributed by atoms with Crippen LogP contribution in [0.1, 0.15) is 15.2 Å². The van der Waals surface area contributed by atoms with Gasteiger partial charge in [-0.15, -0.1) is 11.3 Å². The highest BCUT2D eigenvalue weighted by molar-refractivity contribution is 9.10. The quantitative estimate of drug-likeness (QED) is 0.834. The zero-order valence-electron chi connectivity index (χ0n) is 9.11. The Morgan fingerprint density at radius 3 is 2.72 bits per heavy atom. The molecule has 1 aromatic carbocycles. The lowest BCUT2D eigenvalue weighted by atomic mass is 10.2. The Bertz CT molecular complexity index is 583. The van der Waals surface area contributed by atoms with E-state index in [0.29, 0.717) is 6.54 Å². The zero-order valence-corrected chi connectivity index (χ0v) is 13.1. The predicted molar refractivity (Wildman–Crippen MR) is 79.0 cm³/mol. The van der Waals surface area contributed by atoms with Crippen molar-refractivity contribution in [3.63, 3.8) is 0 Å². The molecule has 0 fully saturated rings. The van der Waals surface area contributed by atoms with Crippen LogP contribution in [0, 0.1) is 0 Å². The summed E-state index contributed by atoms with van der Waals surface area (Å²) in [7, 11) is 0. The molecule has 0 aliphatic heterocycles. The van der Waals surface area contributed by atoms with E-state index >= 15 is 0 Å². The first-order valence-electron chi connectivity index (χ1n) is 5.06. The molecule has 3 nitrogen and oxygen atoms in total. The number of benzene rings is 1. The van der Waals surface area contributed by atoms with E-state index in [1.165, 1.54) is 6.07 Å². The molecular formula is C12H9Br2NO2S. The van der Waals surface area contributed by atoms with E-state index in [1.54, 1.807) is 23.5 Å². The van der Waals surface area contributed by atoms with Crippen molar-refractivity contribution in [3.8, 4) is 5.75 Å². The van der Waals surface area contributed by atoms with Gasteiger partial charge in [-0.25, -0.2) is 0 Å². The molecule has 6 heteroatoms. The maximum absolute atomic E-state index is 11.9. The number of amides is 1. The molecule has 0 saturated carbocycles. The number of aromatic hydroxyl groups is 1. The minimum absolute atomic E-state index is 0.0249. The highest BCUT2D eigenvalue weighted by Crippen LogP contribution is 2.22. The van der Waals surface area contributed by atoms with Crippen LogP contribution in [-0.2, 0) is 6.54 Å². The fourth-order valence-electron chi connectivity index (χ4n) is 1.40. The molecule has 1 heterocycles. The van der Waals surface area contributed by atoms with Gasteiger partial charge in [0.05, 0.1) is 12.1 Å². The second kappa shape index (κ2) is 5.86. The first-order valence-corrected chi connectivity index (χ1v) is 7.52. The Morgan fingerprint density at radius 2 is 2.06 bits per heavy atom. The number of thiophene rings is 1. The first kappa shape index (κ1) is 13.6. The van der Waals surface area contributed by atoms with Gasteiger partial charge in [-0.05, 0) is 40.2 Å². The van der Waals surface area contributed by atoms with Crippen LogP contribution in [0.5, 0.6) is 5.75 Å². The molecule has 0 spiro atoms. The van der Waals surface area contributed by atoms with Crippen molar-refractivity contribution >= 4 is 49.1 Å². The van der Waals surface area contributed by atoms with Crippen molar-refractivity contribution in [2.24, 2.45) is 0 Å². The Labute approximate surface area is 125 Å². The number of rotatable bonds is 3. The Balaban J connectivity index is 2.05. The van der Waals surface area contributed by atoms with E-state index in [-0.39, 0.29) is 17.2 Å². The summed E-state index contributed by atoms with van der Waals surface area (Å²) in [6.07, 6.45) is 0. The van der Waals surface area contributed by atoms with E-state index in [1.807, 2.05) is 11.4 Å². The standard InChI is InChI=1S/C12H9Br2NO2S/c13-7-1-2-11(16)10(4-7)12(17)15-5-9-3-8(14)6-18-9/h1-4,6,16H,5H2,(H,15,17). The number of hydrogen-bond acceptors (Lipinski definition) is 3. The average molecular weight is 391 g/mol. The third kappa shape index (κ3) is 3.34. The van der Waals surface area contributed by atoms with E-state index in [0.717, 1.165) is 13.8 Å². The zero-order chi connectivity index (χ0) is 13.1. The van der Waals surface area contributed by atoms with Gasteiger partial charge in [-0.3, -0.25) is 4.79 Å². The summed E-state index contributed by atoms with van der Waals surface area (Å²) in [5.41, 5.74) is 0.264. The van der Waals surface area contributed by atoms with Crippen LogP contribution in [0.15, 0.2) is 38.6 Å². The fourth-order valence-corrected chi connectivity index (χ4v) is 3.15. The molecule has 0 aliphatic rings. The van der Waals surface area contributed by atoms with Crippen LogP contribution in [-0.4, -0.2) is 11.0 Å². The minimum atomic E-state index is -0.293. The summed E-state index contributed by atoms with van der Waals surface area (Å²) in [5.74, 6) is -0.318. The first-order chi connectivity index (χ1) is 8.56.